The Bertz CT molecular complexity index is 916. The Morgan fingerprint density at radius 2 is 2.00 bits per heavy atom. The van der Waals surface area contributed by atoms with Crippen LogP contribution in [0.2, 0.25) is 0 Å². The molecule has 0 spiro atoms. The summed E-state index contributed by atoms with van der Waals surface area (Å²) in [5.74, 6) is 1.01. The van der Waals surface area contributed by atoms with Gasteiger partial charge in [-0.3, -0.25) is 0 Å². The third-order valence-electron chi connectivity index (χ3n) is 3.86. The van der Waals surface area contributed by atoms with Crippen LogP contribution in [0.5, 0.6) is 0 Å². The lowest BCUT2D eigenvalue weighted by molar-refractivity contribution is 0.963. The van der Waals surface area contributed by atoms with Crippen molar-refractivity contribution in [2.75, 3.05) is 0 Å². The Hall–Kier alpha value is -2.17. The predicted molar refractivity (Wildman–Crippen MR) is 89.4 cm³/mol. The second-order valence-electron chi connectivity index (χ2n) is 5.13. The first-order chi connectivity index (χ1) is 10.3. The molecule has 2 N–H and O–H groups in total. The van der Waals surface area contributed by atoms with Gasteiger partial charge in [-0.05, 0) is 29.1 Å². The second kappa shape index (κ2) is 4.69. The molecule has 0 saturated carbocycles. The maximum Gasteiger partial charge on any atom is 0.151 e. The smallest absolute Gasteiger partial charge is 0.151 e. The number of hydrogen-bond donors (Lipinski definition) is 1. The van der Waals surface area contributed by atoms with E-state index in [1.807, 2.05) is 12.1 Å². The molecule has 0 bridgehead atoms. The van der Waals surface area contributed by atoms with Crippen molar-refractivity contribution in [1.82, 2.24) is 9.55 Å². The highest BCUT2D eigenvalue weighted by Gasteiger charge is 2.14. The molecule has 4 rings (SSSR count). The summed E-state index contributed by atoms with van der Waals surface area (Å²) in [6.45, 7) is 0.514. The van der Waals surface area contributed by atoms with Gasteiger partial charge >= 0.3 is 0 Å². The molecule has 4 heteroatoms. The van der Waals surface area contributed by atoms with E-state index in [-0.39, 0.29) is 0 Å². The third kappa shape index (κ3) is 1.87. The highest BCUT2D eigenvalue weighted by Crippen LogP contribution is 2.34. The third-order valence-corrected chi connectivity index (χ3v) is 4.97. The SMILES string of the molecule is Cn1c(-c2cc3ccccc3s2)nc2c(CN)cccc21. The Morgan fingerprint density at radius 3 is 2.81 bits per heavy atom. The van der Waals surface area contributed by atoms with Crippen LogP contribution in [0.3, 0.4) is 0 Å². The summed E-state index contributed by atoms with van der Waals surface area (Å²) in [4.78, 5) is 6.03. The van der Waals surface area contributed by atoms with Crippen molar-refractivity contribution in [2.45, 2.75) is 6.54 Å². The quantitative estimate of drug-likeness (QED) is 0.609. The van der Waals surface area contributed by atoms with E-state index in [2.05, 4.69) is 48.0 Å². The van der Waals surface area contributed by atoms with Gasteiger partial charge in [-0.2, -0.15) is 0 Å². The molecule has 0 radical (unpaired) electrons. The van der Waals surface area contributed by atoms with E-state index >= 15 is 0 Å². The molecule has 2 aromatic heterocycles. The van der Waals surface area contributed by atoms with Gasteiger partial charge in [0.15, 0.2) is 5.82 Å². The van der Waals surface area contributed by atoms with Crippen LogP contribution in [0.4, 0.5) is 0 Å². The van der Waals surface area contributed by atoms with Crippen molar-refractivity contribution in [2.24, 2.45) is 12.8 Å². The summed E-state index contributed by atoms with van der Waals surface area (Å²) in [6.07, 6.45) is 0. The maximum atomic E-state index is 5.83. The summed E-state index contributed by atoms with van der Waals surface area (Å²) in [7, 11) is 2.06. The van der Waals surface area contributed by atoms with Crippen LogP contribution in [-0.2, 0) is 13.6 Å². The summed E-state index contributed by atoms with van der Waals surface area (Å²) >= 11 is 1.78. The van der Waals surface area contributed by atoms with Gasteiger partial charge in [-0.1, -0.05) is 30.3 Å². The van der Waals surface area contributed by atoms with E-state index in [4.69, 9.17) is 10.7 Å². The molecule has 0 aliphatic heterocycles. The Balaban J connectivity index is 1.99. The molecule has 21 heavy (non-hydrogen) atoms. The van der Waals surface area contributed by atoms with Gasteiger partial charge in [0.25, 0.3) is 0 Å². The second-order valence-corrected chi connectivity index (χ2v) is 6.22. The molecule has 4 aromatic rings. The van der Waals surface area contributed by atoms with Gasteiger partial charge in [0.2, 0.25) is 0 Å². The van der Waals surface area contributed by atoms with Crippen LogP contribution in [0.25, 0.3) is 31.8 Å². The first-order valence-corrected chi connectivity index (χ1v) is 7.73. The van der Waals surface area contributed by atoms with E-state index < -0.39 is 0 Å². The Kier molecular flexibility index (Phi) is 2.80. The van der Waals surface area contributed by atoms with Gasteiger partial charge in [0.1, 0.15) is 0 Å². The fourth-order valence-corrected chi connectivity index (χ4v) is 3.84. The predicted octanol–water partition coefficient (Wildman–Crippen LogP) is 3.91. The number of hydrogen-bond acceptors (Lipinski definition) is 3. The summed E-state index contributed by atoms with van der Waals surface area (Å²) in [6, 6.07) is 16.8. The maximum absolute atomic E-state index is 5.83. The van der Waals surface area contributed by atoms with Gasteiger partial charge < -0.3 is 10.3 Å². The highest BCUT2D eigenvalue weighted by atomic mass is 32.1. The molecule has 0 atom stereocenters. The monoisotopic (exact) mass is 293 g/mol. The molecule has 3 nitrogen and oxygen atoms in total. The zero-order valence-corrected chi connectivity index (χ0v) is 12.5. The van der Waals surface area contributed by atoms with Crippen molar-refractivity contribution in [3.05, 3.63) is 54.1 Å². The number of para-hydroxylation sites is 1. The zero-order valence-electron chi connectivity index (χ0n) is 11.7. The molecular weight excluding hydrogens is 278 g/mol. The lowest BCUT2D eigenvalue weighted by Crippen LogP contribution is -1.97. The first-order valence-electron chi connectivity index (χ1n) is 6.91. The minimum atomic E-state index is 0.514. The number of benzene rings is 2. The van der Waals surface area contributed by atoms with Crippen LogP contribution in [0.1, 0.15) is 5.56 Å². The van der Waals surface area contributed by atoms with Crippen molar-refractivity contribution >= 4 is 32.5 Å². The normalized spacial score (nSPS) is 11.5. The number of imidazole rings is 1. The molecule has 0 fully saturated rings. The zero-order chi connectivity index (χ0) is 14.4. The van der Waals surface area contributed by atoms with Crippen molar-refractivity contribution in [1.29, 1.82) is 0 Å². The van der Waals surface area contributed by atoms with Crippen molar-refractivity contribution in [3.8, 4) is 10.7 Å². The number of rotatable bonds is 2. The number of aromatic nitrogens is 2. The molecule has 0 saturated heterocycles. The first kappa shape index (κ1) is 12.6. The van der Waals surface area contributed by atoms with E-state index in [0.29, 0.717) is 6.54 Å². The lowest BCUT2D eigenvalue weighted by atomic mass is 10.2. The van der Waals surface area contributed by atoms with E-state index in [1.165, 1.54) is 15.0 Å². The summed E-state index contributed by atoms with van der Waals surface area (Å²) in [5.41, 5.74) is 9.06. The van der Waals surface area contributed by atoms with Gasteiger partial charge in [0.05, 0.1) is 15.9 Å². The van der Waals surface area contributed by atoms with Gasteiger partial charge in [0, 0.05) is 18.3 Å². The molecule has 104 valence electrons. The van der Waals surface area contributed by atoms with E-state index in [0.717, 1.165) is 22.4 Å². The number of thiophene rings is 1. The summed E-state index contributed by atoms with van der Waals surface area (Å²) < 4.78 is 3.44. The molecule has 0 amide bonds. The minimum Gasteiger partial charge on any atom is -0.326 e. The van der Waals surface area contributed by atoms with E-state index in [9.17, 15) is 0 Å². The van der Waals surface area contributed by atoms with Crippen molar-refractivity contribution in [3.63, 3.8) is 0 Å². The van der Waals surface area contributed by atoms with Crippen molar-refractivity contribution < 1.29 is 0 Å². The van der Waals surface area contributed by atoms with Gasteiger partial charge in [-0.25, -0.2) is 4.98 Å². The fourth-order valence-electron chi connectivity index (χ4n) is 2.75. The number of aryl methyl sites for hydroxylation is 1. The molecule has 2 aromatic carbocycles. The lowest BCUT2D eigenvalue weighted by Gasteiger charge is -1.99. The largest absolute Gasteiger partial charge is 0.326 e. The number of nitrogens with two attached hydrogens (primary N) is 1. The van der Waals surface area contributed by atoms with Gasteiger partial charge in [-0.15, -0.1) is 11.3 Å². The average Bonchev–Trinajstić information content (AvgIpc) is 3.08. The van der Waals surface area contributed by atoms with Crippen LogP contribution in [0.15, 0.2) is 48.5 Å². The van der Waals surface area contributed by atoms with E-state index in [1.54, 1.807) is 11.3 Å². The standard InChI is InChI=1S/C17H15N3S/c1-20-13-7-4-6-12(10-18)16(13)19-17(20)15-9-11-5-2-3-8-14(11)21-15/h2-9H,10,18H2,1H3. The topological polar surface area (TPSA) is 43.8 Å². The molecule has 0 aliphatic carbocycles. The molecule has 0 aliphatic rings. The van der Waals surface area contributed by atoms with Crippen LogP contribution in [-0.4, -0.2) is 9.55 Å². The fraction of sp³-hybridized carbons (Fsp3) is 0.118. The Labute approximate surface area is 126 Å². The average molecular weight is 293 g/mol. The van der Waals surface area contributed by atoms with Crippen LogP contribution >= 0.6 is 11.3 Å². The van der Waals surface area contributed by atoms with Crippen LogP contribution in [0, 0.1) is 0 Å². The highest BCUT2D eigenvalue weighted by molar-refractivity contribution is 7.22. The molecule has 2 heterocycles. The molecular formula is C17H15N3S. The summed E-state index contributed by atoms with van der Waals surface area (Å²) in [5, 5.41) is 1.27. The molecule has 0 unspecified atom stereocenters. The van der Waals surface area contributed by atoms with Crippen LogP contribution < -0.4 is 5.73 Å². The number of nitrogens with zero attached hydrogens (tertiary/aromatic N) is 2. The number of fused-ring (bicyclic) bond motifs is 2. The Morgan fingerprint density at radius 1 is 1.14 bits per heavy atom. The minimum absolute atomic E-state index is 0.514.